The number of ether oxygens (including phenoxy) is 1. The molecule has 1 aliphatic heterocycles. The van der Waals surface area contributed by atoms with E-state index in [9.17, 15) is 14.4 Å². The number of aromatic amines is 1. The molecule has 2 rings (SSSR count). The lowest BCUT2D eigenvalue weighted by Crippen LogP contribution is -2.45. The van der Waals surface area contributed by atoms with Gasteiger partial charge in [-0.15, -0.1) is 0 Å². The van der Waals surface area contributed by atoms with Gasteiger partial charge in [-0.25, -0.2) is 5.10 Å². The summed E-state index contributed by atoms with van der Waals surface area (Å²) in [6.07, 6.45) is 0. The summed E-state index contributed by atoms with van der Waals surface area (Å²) >= 11 is 0. The highest BCUT2D eigenvalue weighted by atomic mass is 16.5. The van der Waals surface area contributed by atoms with E-state index in [2.05, 4.69) is 15.5 Å². The highest BCUT2D eigenvalue weighted by Gasteiger charge is 2.18. The molecule has 1 saturated heterocycles. The third-order valence-electron chi connectivity index (χ3n) is 2.66. The van der Waals surface area contributed by atoms with E-state index >= 15 is 0 Å². The topological polar surface area (TPSA) is 104 Å². The Morgan fingerprint density at radius 2 is 2.32 bits per heavy atom. The minimum absolute atomic E-state index is 0.0809. The summed E-state index contributed by atoms with van der Waals surface area (Å²) in [6.45, 7) is 1.89. The molecular weight excluding hydrogens is 252 g/mol. The first-order valence-electron chi connectivity index (χ1n) is 5.86. The third-order valence-corrected chi connectivity index (χ3v) is 2.66. The van der Waals surface area contributed by atoms with Crippen LogP contribution in [0.4, 0.5) is 0 Å². The molecule has 0 spiro atoms. The van der Waals surface area contributed by atoms with Crippen LogP contribution >= 0.6 is 0 Å². The van der Waals surface area contributed by atoms with Crippen molar-refractivity contribution >= 4 is 11.8 Å². The number of nitrogens with zero attached hydrogens (tertiary/aromatic N) is 2. The molecule has 0 atom stereocenters. The van der Waals surface area contributed by atoms with Crippen LogP contribution in [-0.4, -0.2) is 59.8 Å². The van der Waals surface area contributed by atoms with Gasteiger partial charge in [0, 0.05) is 25.7 Å². The molecule has 0 radical (unpaired) electrons. The average molecular weight is 266 g/mol. The van der Waals surface area contributed by atoms with Gasteiger partial charge in [0.25, 0.3) is 11.5 Å². The zero-order chi connectivity index (χ0) is 13.7. The lowest BCUT2D eigenvalue weighted by Gasteiger charge is -2.26. The molecule has 102 valence electrons. The Hall–Kier alpha value is -2.22. The van der Waals surface area contributed by atoms with E-state index in [1.54, 1.807) is 4.90 Å². The van der Waals surface area contributed by atoms with Gasteiger partial charge in [0.2, 0.25) is 5.91 Å². The van der Waals surface area contributed by atoms with E-state index in [4.69, 9.17) is 4.74 Å². The summed E-state index contributed by atoms with van der Waals surface area (Å²) in [7, 11) is 0. The number of aromatic nitrogens is 2. The predicted molar refractivity (Wildman–Crippen MR) is 64.6 cm³/mol. The Bertz CT molecular complexity index is 507. The molecule has 1 fully saturated rings. The molecule has 2 heterocycles. The van der Waals surface area contributed by atoms with Crippen LogP contribution in [0.2, 0.25) is 0 Å². The smallest absolute Gasteiger partial charge is 0.271 e. The van der Waals surface area contributed by atoms with Crippen molar-refractivity contribution in [2.75, 3.05) is 32.8 Å². The van der Waals surface area contributed by atoms with E-state index in [1.165, 1.54) is 12.1 Å². The lowest BCUT2D eigenvalue weighted by atomic mass is 10.3. The van der Waals surface area contributed by atoms with Crippen molar-refractivity contribution in [3.8, 4) is 0 Å². The van der Waals surface area contributed by atoms with Gasteiger partial charge >= 0.3 is 0 Å². The second kappa shape index (κ2) is 6.10. The van der Waals surface area contributed by atoms with Gasteiger partial charge in [-0.1, -0.05) is 0 Å². The van der Waals surface area contributed by atoms with Gasteiger partial charge in [0.1, 0.15) is 12.3 Å². The van der Waals surface area contributed by atoms with E-state index in [0.29, 0.717) is 26.2 Å². The molecule has 2 N–H and O–H groups in total. The van der Waals surface area contributed by atoms with Gasteiger partial charge in [-0.3, -0.25) is 14.4 Å². The maximum Gasteiger partial charge on any atom is 0.271 e. The van der Waals surface area contributed by atoms with Crippen molar-refractivity contribution in [2.24, 2.45) is 0 Å². The number of hydrogen-bond acceptors (Lipinski definition) is 5. The monoisotopic (exact) mass is 266 g/mol. The van der Waals surface area contributed by atoms with Crippen LogP contribution < -0.4 is 10.9 Å². The maximum atomic E-state index is 11.7. The Kier molecular flexibility index (Phi) is 4.24. The summed E-state index contributed by atoms with van der Waals surface area (Å²) in [6, 6.07) is 2.57. The summed E-state index contributed by atoms with van der Waals surface area (Å²) in [5, 5.41) is 8.42. The van der Waals surface area contributed by atoms with Crippen LogP contribution in [0, 0.1) is 0 Å². The van der Waals surface area contributed by atoms with Crippen molar-refractivity contribution in [3.63, 3.8) is 0 Å². The van der Waals surface area contributed by atoms with Crippen molar-refractivity contribution in [3.05, 3.63) is 28.2 Å². The minimum Gasteiger partial charge on any atom is -0.370 e. The van der Waals surface area contributed by atoms with Gasteiger partial charge in [-0.05, 0) is 6.07 Å². The molecule has 1 aliphatic rings. The number of carbonyl (C=O) groups excluding carboxylic acids is 2. The Morgan fingerprint density at radius 1 is 1.47 bits per heavy atom. The number of carbonyl (C=O) groups is 2. The number of amides is 2. The maximum absolute atomic E-state index is 11.7. The fourth-order valence-electron chi connectivity index (χ4n) is 1.65. The van der Waals surface area contributed by atoms with Gasteiger partial charge in [-0.2, -0.15) is 5.10 Å². The number of hydrogen-bond donors (Lipinski definition) is 2. The highest BCUT2D eigenvalue weighted by Crippen LogP contribution is 1.97. The van der Waals surface area contributed by atoms with Crippen LogP contribution in [-0.2, 0) is 9.53 Å². The molecule has 0 saturated carbocycles. The number of H-pyrrole nitrogens is 1. The number of nitrogens with one attached hydrogen (secondary N) is 2. The average Bonchev–Trinajstić information content (AvgIpc) is 2.41. The molecule has 8 heteroatoms. The van der Waals surface area contributed by atoms with E-state index in [1.807, 2.05) is 0 Å². The number of rotatable bonds is 4. The van der Waals surface area contributed by atoms with Crippen LogP contribution in [0.5, 0.6) is 0 Å². The Balaban J connectivity index is 1.79. The quantitative estimate of drug-likeness (QED) is 0.680. The van der Waals surface area contributed by atoms with Gasteiger partial charge in [0.05, 0.1) is 6.61 Å². The fourth-order valence-corrected chi connectivity index (χ4v) is 1.65. The molecule has 19 heavy (non-hydrogen) atoms. The molecule has 0 aromatic carbocycles. The zero-order valence-electron chi connectivity index (χ0n) is 10.2. The predicted octanol–water partition coefficient (Wildman–Crippen LogP) is -1.64. The minimum atomic E-state index is -0.392. The Labute approximate surface area is 108 Å². The zero-order valence-corrected chi connectivity index (χ0v) is 10.2. The Morgan fingerprint density at radius 3 is 3.00 bits per heavy atom. The summed E-state index contributed by atoms with van der Waals surface area (Å²) in [5.41, 5.74) is -0.233. The van der Waals surface area contributed by atoms with Crippen molar-refractivity contribution in [1.82, 2.24) is 20.4 Å². The SMILES string of the molecule is O=C(NCCN1CCOCC1=O)c1ccc(=O)[nH]n1. The summed E-state index contributed by atoms with van der Waals surface area (Å²) < 4.78 is 5.00. The highest BCUT2D eigenvalue weighted by molar-refractivity contribution is 5.92. The van der Waals surface area contributed by atoms with Crippen molar-refractivity contribution in [2.45, 2.75) is 0 Å². The molecule has 0 unspecified atom stereocenters. The molecule has 8 nitrogen and oxygen atoms in total. The van der Waals surface area contributed by atoms with Gasteiger partial charge in [0.15, 0.2) is 0 Å². The second-order valence-corrected chi connectivity index (χ2v) is 4.00. The van der Waals surface area contributed by atoms with Crippen LogP contribution in [0.15, 0.2) is 16.9 Å². The largest absolute Gasteiger partial charge is 0.370 e. The molecule has 1 aromatic rings. The standard InChI is InChI=1S/C11H14N4O4/c16-9-2-1-8(13-14-9)11(18)12-3-4-15-5-6-19-7-10(15)17/h1-2H,3-7H2,(H,12,18)(H,14,16). The molecule has 0 aliphatic carbocycles. The normalized spacial score (nSPS) is 15.4. The molecule has 0 bridgehead atoms. The molecular formula is C11H14N4O4. The van der Waals surface area contributed by atoms with Crippen LogP contribution in [0.25, 0.3) is 0 Å². The third kappa shape index (κ3) is 3.62. The first-order chi connectivity index (χ1) is 9.16. The molecule has 1 aromatic heterocycles. The van der Waals surface area contributed by atoms with E-state index < -0.39 is 5.91 Å². The second-order valence-electron chi connectivity index (χ2n) is 4.00. The van der Waals surface area contributed by atoms with Crippen LogP contribution in [0.3, 0.4) is 0 Å². The summed E-state index contributed by atoms with van der Waals surface area (Å²) in [4.78, 5) is 35.5. The van der Waals surface area contributed by atoms with Crippen molar-refractivity contribution in [1.29, 1.82) is 0 Å². The summed E-state index contributed by atoms with van der Waals surface area (Å²) in [5.74, 6) is -0.473. The lowest BCUT2D eigenvalue weighted by molar-refractivity contribution is -0.142. The number of morpholine rings is 1. The van der Waals surface area contributed by atoms with Crippen LogP contribution in [0.1, 0.15) is 10.5 Å². The fraction of sp³-hybridized carbons (Fsp3) is 0.455. The molecule has 2 amide bonds. The first-order valence-corrected chi connectivity index (χ1v) is 5.86. The van der Waals surface area contributed by atoms with E-state index in [-0.39, 0.29) is 23.8 Å². The first kappa shape index (κ1) is 13.2. The van der Waals surface area contributed by atoms with Gasteiger partial charge < -0.3 is 15.0 Å². The van der Waals surface area contributed by atoms with Crippen molar-refractivity contribution < 1.29 is 14.3 Å². The van der Waals surface area contributed by atoms with E-state index in [0.717, 1.165) is 0 Å².